The molecule has 0 N–H and O–H groups in total. The zero-order valence-corrected chi connectivity index (χ0v) is 14.3. The van der Waals surface area contributed by atoms with Crippen LogP contribution >= 0.6 is 0 Å². The standard InChI is InChI=1S/C19H15NO4S/c1-12-2-4-15(5-3-12)25(23,24)20-10-13-8-16-17(9-14(13)11-20)19(22)7-6-18(16)21/h2-9H,10-11H2,1H3. The van der Waals surface area contributed by atoms with Gasteiger partial charge >= 0.3 is 0 Å². The SMILES string of the molecule is Cc1ccc(S(=O)(=O)N2Cc3cc4c(cc3C2)C(=O)C=CC4=O)cc1. The van der Waals surface area contributed by atoms with Crippen LogP contribution in [-0.2, 0) is 23.1 Å². The van der Waals surface area contributed by atoms with Crippen molar-refractivity contribution in [2.45, 2.75) is 24.9 Å². The summed E-state index contributed by atoms with van der Waals surface area (Å²) >= 11 is 0. The number of carbonyl (C=O) groups excluding carboxylic acids is 2. The summed E-state index contributed by atoms with van der Waals surface area (Å²) in [6.45, 7) is 2.29. The predicted octanol–water partition coefficient (Wildman–Crippen LogP) is 2.63. The Morgan fingerprint density at radius 2 is 1.32 bits per heavy atom. The normalized spacial score (nSPS) is 16.8. The Hall–Kier alpha value is -2.57. The summed E-state index contributed by atoms with van der Waals surface area (Å²) in [6.07, 6.45) is 2.51. The number of allylic oxidation sites excluding steroid dienone is 2. The molecule has 0 atom stereocenters. The lowest BCUT2D eigenvalue weighted by atomic mass is 9.91. The first-order valence-corrected chi connectivity index (χ1v) is 9.29. The van der Waals surface area contributed by atoms with Crippen LogP contribution in [0.5, 0.6) is 0 Å². The summed E-state index contributed by atoms with van der Waals surface area (Å²) in [5.74, 6) is -0.450. The van der Waals surface area contributed by atoms with Gasteiger partial charge in [-0.2, -0.15) is 4.31 Å². The molecule has 6 heteroatoms. The van der Waals surface area contributed by atoms with Crippen molar-refractivity contribution in [2.75, 3.05) is 0 Å². The van der Waals surface area contributed by atoms with E-state index in [1.54, 1.807) is 36.4 Å². The molecule has 5 nitrogen and oxygen atoms in total. The average molecular weight is 353 g/mol. The Balaban J connectivity index is 1.71. The van der Waals surface area contributed by atoms with Crippen molar-refractivity contribution in [3.63, 3.8) is 0 Å². The van der Waals surface area contributed by atoms with Gasteiger partial charge in [0.25, 0.3) is 0 Å². The van der Waals surface area contributed by atoms with Gasteiger partial charge in [0.2, 0.25) is 10.0 Å². The van der Waals surface area contributed by atoms with Crippen molar-refractivity contribution in [3.8, 4) is 0 Å². The van der Waals surface area contributed by atoms with Gasteiger partial charge in [0.05, 0.1) is 4.90 Å². The Labute approximate surface area is 145 Å². The highest BCUT2D eigenvalue weighted by atomic mass is 32.2. The number of rotatable bonds is 2. The molecule has 126 valence electrons. The number of hydrogen-bond donors (Lipinski definition) is 0. The lowest BCUT2D eigenvalue weighted by Gasteiger charge is -2.15. The molecular weight excluding hydrogens is 338 g/mol. The number of aryl methyl sites for hydroxylation is 1. The Kier molecular flexibility index (Phi) is 3.49. The van der Waals surface area contributed by atoms with E-state index >= 15 is 0 Å². The summed E-state index contributed by atoms with van der Waals surface area (Å²) in [5, 5.41) is 0. The van der Waals surface area contributed by atoms with E-state index < -0.39 is 10.0 Å². The van der Waals surface area contributed by atoms with Crippen LogP contribution in [0.2, 0.25) is 0 Å². The predicted molar refractivity (Wildman–Crippen MR) is 91.9 cm³/mol. The Morgan fingerprint density at radius 1 is 0.840 bits per heavy atom. The van der Waals surface area contributed by atoms with Crippen molar-refractivity contribution in [3.05, 3.63) is 76.4 Å². The minimum Gasteiger partial charge on any atom is -0.289 e. The third kappa shape index (κ3) is 2.54. The number of sulfonamides is 1. The number of benzene rings is 2. The van der Waals surface area contributed by atoms with Crippen molar-refractivity contribution in [1.29, 1.82) is 0 Å². The summed E-state index contributed by atoms with van der Waals surface area (Å²) in [4.78, 5) is 24.2. The first-order chi connectivity index (χ1) is 11.9. The number of nitrogens with zero attached hydrogens (tertiary/aromatic N) is 1. The van der Waals surface area contributed by atoms with E-state index in [0.29, 0.717) is 11.1 Å². The molecule has 0 radical (unpaired) electrons. The van der Waals surface area contributed by atoms with Crippen molar-refractivity contribution < 1.29 is 18.0 Å². The maximum absolute atomic E-state index is 12.8. The number of carbonyl (C=O) groups is 2. The van der Waals surface area contributed by atoms with Gasteiger partial charge in [-0.05, 0) is 54.5 Å². The molecule has 2 aliphatic rings. The summed E-state index contributed by atoms with van der Waals surface area (Å²) < 4.78 is 27.1. The molecule has 0 amide bonds. The van der Waals surface area contributed by atoms with Gasteiger partial charge in [-0.1, -0.05) is 17.7 Å². The van der Waals surface area contributed by atoms with Gasteiger partial charge in [-0.3, -0.25) is 9.59 Å². The maximum atomic E-state index is 12.8. The monoisotopic (exact) mass is 353 g/mol. The van der Waals surface area contributed by atoms with Crippen LogP contribution in [-0.4, -0.2) is 24.3 Å². The smallest absolute Gasteiger partial charge is 0.243 e. The van der Waals surface area contributed by atoms with E-state index in [9.17, 15) is 18.0 Å². The molecule has 2 aromatic carbocycles. The maximum Gasteiger partial charge on any atom is 0.243 e. The second-order valence-electron chi connectivity index (χ2n) is 6.31. The van der Waals surface area contributed by atoms with Crippen LogP contribution in [0.4, 0.5) is 0 Å². The molecule has 0 spiro atoms. The minimum atomic E-state index is -3.63. The van der Waals surface area contributed by atoms with Crippen LogP contribution in [0.25, 0.3) is 0 Å². The van der Waals surface area contributed by atoms with E-state index in [0.717, 1.165) is 16.7 Å². The van der Waals surface area contributed by atoms with Crippen LogP contribution < -0.4 is 0 Å². The largest absolute Gasteiger partial charge is 0.289 e. The van der Waals surface area contributed by atoms with Gasteiger partial charge in [0.1, 0.15) is 0 Å². The molecule has 25 heavy (non-hydrogen) atoms. The van der Waals surface area contributed by atoms with Gasteiger partial charge < -0.3 is 0 Å². The van der Waals surface area contributed by atoms with E-state index in [-0.39, 0.29) is 29.6 Å². The molecule has 1 aliphatic heterocycles. The fourth-order valence-corrected chi connectivity index (χ4v) is 4.58. The summed E-state index contributed by atoms with van der Waals surface area (Å²) in [6, 6.07) is 10.0. The van der Waals surface area contributed by atoms with Crippen molar-refractivity contribution >= 4 is 21.6 Å². The highest BCUT2D eigenvalue weighted by Gasteiger charge is 2.32. The van der Waals surface area contributed by atoms with E-state index in [1.807, 2.05) is 6.92 Å². The molecule has 0 saturated carbocycles. The van der Waals surface area contributed by atoms with Crippen LogP contribution in [0.1, 0.15) is 37.4 Å². The zero-order valence-electron chi connectivity index (χ0n) is 13.5. The fourth-order valence-electron chi connectivity index (χ4n) is 3.19. The fraction of sp³-hybridized carbons (Fsp3) is 0.158. The molecule has 0 fully saturated rings. The molecule has 1 heterocycles. The molecule has 0 aromatic heterocycles. The molecule has 4 rings (SSSR count). The molecule has 0 unspecified atom stereocenters. The lowest BCUT2D eigenvalue weighted by molar-refractivity contribution is 0.0994. The topological polar surface area (TPSA) is 71.5 Å². The Morgan fingerprint density at radius 3 is 1.80 bits per heavy atom. The van der Waals surface area contributed by atoms with Crippen LogP contribution in [0.3, 0.4) is 0 Å². The lowest BCUT2D eigenvalue weighted by Crippen LogP contribution is -2.25. The average Bonchev–Trinajstić information content (AvgIpc) is 3.01. The molecule has 0 saturated heterocycles. The van der Waals surface area contributed by atoms with Crippen molar-refractivity contribution in [2.24, 2.45) is 0 Å². The van der Waals surface area contributed by atoms with E-state index in [4.69, 9.17) is 0 Å². The van der Waals surface area contributed by atoms with Gasteiger partial charge in [-0.15, -0.1) is 0 Å². The van der Waals surface area contributed by atoms with Crippen LogP contribution in [0.15, 0.2) is 53.4 Å². The Bertz CT molecular complexity index is 1000. The number of ketones is 2. The van der Waals surface area contributed by atoms with E-state index in [2.05, 4.69) is 0 Å². The van der Waals surface area contributed by atoms with Crippen LogP contribution in [0, 0.1) is 6.92 Å². The first kappa shape index (κ1) is 15.9. The van der Waals surface area contributed by atoms with Crippen molar-refractivity contribution in [1.82, 2.24) is 4.31 Å². The third-order valence-corrected chi connectivity index (χ3v) is 6.41. The molecule has 1 aliphatic carbocycles. The van der Waals surface area contributed by atoms with E-state index in [1.165, 1.54) is 16.5 Å². The minimum absolute atomic E-state index is 0.198. The number of fused-ring (bicyclic) bond motifs is 2. The third-order valence-electron chi connectivity index (χ3n) is 4.61. The highest BCUT2D eigenvalue weighted by Crippen LogP contribution is 2.32. The van der Waals surface area contributed by atoms with Gasteiger partial charge in [0, 0.05) is 24.2 Å². The van der Waals surface area contributed by atoms with Gasteiger partial charge in [-0.25, -0.2) is 8.42 Å². The molecule has 2 aromatic rings. The molecule has 0 bridgehead atoms. The summed E-state index contributed by atoms with van der Waals surface area (Å²) in [5.41, 5.74) is 3.22. The quantitative estimate of drug-likeness (QED) is 0.832. The second-order valence-corrected chi connectivity index (χ2v) is 8.25. The highest BCUT2D eigenvalue weighted by molar-refractivity contribution is 7.89. The second kappa shape index (κ2) is 5.47. The molecular formula is C19H15NO4S. The number of hydrogen-bond acceptors (Lipinski definition) is 4. The van der Waals surface area contributed by atoms with Gasteiger partial charge in [0.15, 0.2) is 11.6 Å². The first-order valence-electron chi connectivity index (χ1n) is 7.85. The summed E-state index contributed by atoms with van der Waals surface area (Å²) in [7, 11) is -3.63. The zero-order chi connectivity index (χ0) is 17.8.